The summed E-state index contributed by atoms with van der Waals surface area (Å²) in [6, 6.07) is 41.9. The predicted octanol–water partition coefficient (Wildman–Crippen LogP) is 20.7. The van der Waals surface area contributed by atoms with Gasteiger partial charge in [0.25, 0.3) is 17.7 Å². The first-order valence-corrected chi connectivity index (χ1v) is 33.1. The van der Waals surface area contributed by atoms with Crippen molar-refractivity contribution >= 4 is 91.1 Å². The number of aryl methyl sites for hydroxylation is 1. The summed E-state index contributed by atoms with van der Waals surface area (Å²) < 4.78 is 169. The van der Waals surface area contributed by atoms with Crippen LogP contribution in [0, 0.1) is 36.0 Å². The average Bonchev–Trinajstić information content (AvgIpc) is 1.41. The second-order valence-electron chi connectivity index (χ2n) is 23.7. The standard InChI is InChI=1S/C27H15ClF4N4O2.C27H17F3N4O2.C25H14ClF4N5O2/c28-20-6-3-15(10-19(20)27(30,31)32)26(37)35-17-4-8-25(21(29)11-17)38-18-5-7-22-23(12-18)36-24(14-34-22)16-2-1-9-33-13-16;1-15-5-6-17(13-31-15)23-14-32-20-8-7-19(12-22(20)33-23)36-24-10-9-21(25(29)26(24)30)34-27(35)16-3-2-4-18(28)11-16;26-18-4-1-14(9-17(18)25(28,29)30)24(36)33-15-2-6-22(19(27)10-15)37-16-3-5-20-21(11-16)34-23(12-32-20)35-8-7-31-13-35/h1-14H,(H,35,37);2-14H,1H3,(H,34,35);1-13H,(H,33,36). The van der Waals surface area contributed by atoms with Gasteiger partial charge in [-0.25, -0.2) is 37.5 Å². The lowest BCUT2D eigenvalue weighted by Crippen LogP contribution is -2.14. The molecule has 0 fully saturated rings. The molecule has 0 atom stereocenters. The van der Waals surface area contributed by atoms with E-state index in [0.717, 1.165) is 65.4 Å². The summed E-state index contributed by atoms with van der Waals surface area (Å²) in [6.07, 6.45) is 5.29. The molecule has 554 valence electrons. The average molecular weight is 1550 g/mol. The van der Waals surface area contributed by atoms with E-state index in [1.807, 2.05) is 25.1 Å². The maximum atomic E-state index is 14.8. The van der Waals surface area contributed by atoms with E-state index >= 15 is 0 Å². The van der Waals surface area contributed by atoms with Crippen LogP contribution in [0.2, 0.25) is 10.0 Å². The number of nitrogens with zero attached hydrogens (tertiary/aromatic N) is 10. The number of rotatable bonds is 15. The number of carbonyl (C=O) groups excluding carboxylic acids is 3. The fourth-order valence-corrected chi connectivity index (χ4v) is 10.9. The number of benzene rings is 9. The fourth-order valence-electron chi connectivity index (χ4n) is 10.5. The second-order valence-corrected chi connectivity index (χ2v) is 24.5. The summed E-state index contributed by atoms with van der Waals surface area (Å²) >= 11 is 11.2. The molecule has 111 heavy (non-hydrogen) atoms. The Morgan fingerprint density at radius 3 is 1.41 bits per heavy atom. The van der Waals surface area contributed by atoms with E-state index in [2.05, 4.69) is 60.8 Å². The highest BCUT2D eigenvalue weighted by molar-refractivity contribution is 6.32. The number of carbonyl (C=O) groups is 3. The molecule has 0 aliphatic carbocycles. The maximum absolute atomic E-state index is 14.8. The van der Waals surface area contributed by atoms with E-state index in [1.165, 1.54) is 48.5 Å². The Bertz CT molecular complexity index is 6060. The number of hydrogen-bond acceptors (Lipinski definition) is 15. The van der Waals surface area contributed by atoms with Crippen molar-refractivity contribution in [2.45, 2.75) is 19.3 Å². The monoisotopic (exact) mass is 1550 g/mol. The van der Waals surface area contributed by atoms with E-state index in [9.17, 15) is 62.7 Å². The van der Waals surface area contributed by atoms with Crippen molar-refractivity contribution in [3.8, 4) is 62.8 Å². The van der Waals surface area contributed by atoms with Gasteiger partial charge in [0.1, 0.15) is 29.4 Å². The van der Waals surface area contributed by atoms with Gasteiger partial charge in [0.05, 0.1) is 89.9 Å². The van der Waals surface area contributed by atoms with Gasteiger partial charge in [0.15, 0.2) is 40.5 Å². The Hall–Kier alpha value is -13.9. The van der Waals surface area contributed by atoms with Crippen LogP contribution in [0.4, 0.5) is 65.4 Å². The highest BCUT2D eigenvalue weighted by Gasteiger charge is 2.35. The Labute approximate surface area is 629 Å². The predicted molar refractivity (Wildman–Crippen MR) is 389 cm³/mol. The molecular formula is C79H46Cl2F11N13O6. The molecule has 19 nitrogen and oxygen atoms in total. The molecule has 6 aromatic heterocycles. The maximum Gasteiger partial charge on any atom is 0.417 e. The molecule has 0 unspecified atom stereocenters. The van der Waals surface area contributed by atoms with Gasteiger partial charge in [-0.1, -0.05) is 29.3 Å². The molecule has 0 aliphatic rings. The molecule has 0 bridgehead atoms. The highest BCUT2D eigenvalue weighted by Crippen LogP contribution is 2.39. The molecule has 0 saturated heterocycles. The van der Waals surface area contributed by atoms with Crippen molar-refractivity contribution < 1.29 is 76.9 Å². The van der Waals surface area contributed by atoms with E-state index in [4.69, 9.17) is 37.4 Å². The molecule has 32 heteroatoms. The number of alkyl halides is 6. The Balaban J connectivity index is 0.000000146. The van der Waals surface area contributed by atoms with Crippen LogP contribution in [-0.2, 0) is 12.4 Å². The summed E-state index contributed by atoms with van der Waals surface area (Å²) in [6.45, 7) is 1.88. The number of nitrogens with one attached hydrogen (secondary N) is 3. The molecule has 0 radical (unpaired) electrons. The molecule has 0 saturated carbocycles. The van der Waals surface area contributed by atoms with Crippen molar-refractivity contribution in [2.75, 3.05) is 16.0 Å². The zero-order valence-corrected chi connectivity index (χ0v) is 57.9. The van der Waals surface area contributed by atoms with Gasteiger partial charge in [-0.3, -0.25) is 43.9 Å². The number of imidazole rings is 1. The van der Waals surface area contributed by atoms with Crippen LogP contribution in [0.15, 0.2) is 244 Å². The molecule has 3 amide bonds. The zero-order chi connectivity index (χ0) is 78.3. The van der Waals surface area contributed by atoms with Crippen LogP contribution >= 0.6 is 23.2 Å². The number of anilines is 3. The van der Waals surface area contributed by atoms with Gasteiger partial charge in [-0.15, -0.1) is 0 Å². The summed E-state index contributed by atoms with van der Waals surface area (Å²) in [5.41, 5.74) is 3.71. The molecule has 15 aromatic rings. The number of aromatic nitrogens is 10. The third kappa shape index (κ3) is 18.2. The quantitative estimate of drug-likeness (QED) is 0.0809. The van der Waals surface area contributed by atoms with Crippen molar-refractivity contribution in [3.05, 3.63) is 317 Å². The van der Waals surface area contributed by atoms with Gasteiger partial charge in [-0.2, -0.15) is 30.7 Å². The van der Waals surface area contributed by atoms with Gasteiger partial charge >= 0.3 is 12.4 Å². The molecule has 3 N–H and O–H groups in total. The molecular weight excluding hydrogens is 1510 g/mol. The third-order valence-electron chi connectivity index (χ3n) is 16.0. The van der Waals surface area contributed by atoms with Crippen LogP contribution in [0.3, 0.4) is 0 Å². The minimum atomic E-state index is -4.73. The number of halogens is 13. The zero-order valence-electron chi connectivity index (χ0n) is 56.4. The van der Waals surface area contributed by atoms with Gasteiger partial charge in [0.2, 0.25) is 5.82 Å². The number of amides is 3. The largest absolute Gasteiger partial charge is 0.454 e. The molecule has 9 aromatic carbocycles. The number of fused-ring (bicyclic) bond motifs is 3. The number of hydrogen-bond donors (Lipinski definition) is 3. The summed E-state index contributed by atoms with van der Waals surface area (Å²) in [7, 11) is 0. The lowest BCUT2D eigenvalue weighted by Gasteiger charge is -2.12. The summed E-state index contributed by atoms with van der Waals surface area (Å²) in [5, 5.41) is 5.90. The van der Waals surface area contributed by atoms with Gasteiger partial charge < -0.3 is 30.2 Å². The van der Waals surface area contributed by atoms with E-state index in [1.54, 1.807) is 121 Å². The lowest BCUT2D eigenvalue weighted by atomic mass is 10.1. The van der Waals surface area contributed by atoms with Crippen molar-refractivity contribution in [1.29, 1.82) is 0 Å². The normalized spacial score (nSPS) is 11.3. The molecule has 6 heterocycles. The minimum Gasteiger partial charge on any atom is -0.454 e. The second kappa shape index (κ2) is 32.3. The lowest BCUT2D eigenvalue weighted by molar-refractivity contribution is -0.138. The smallest absolute Gasteiger partial charge is 0.417 e. The summed E-state index contributed by atoms with van der Waals surface area (Å²) in [4.78, 5) is 76.2. The van der Waals surface area contributed by atoms with Crippen LogP contribution in [0.5, 0.6) is 34.5 Å². The first-order valence-electron chi connectivity index (χ1n) is 32.4. The number of pyridine rings is 2. The van der Waals surface area contributed by atoms with Crippen molar-refractivity contribution in [1.82, 2.24) is 49.4 Å². The first kappa shape index (κ1) is 75.4. The Morgan fingerprint density at radius 1 is 0.423 bits per heavy atom. The SMILES string of the molecule is Cc1ccc(-c2cnc3ccc(Oc4ccc(NC(=O)c5cccc(F)c5)c(F)c4F)cc3n2)cn1.O=C(Nc1ccc(Oc2ccc3ncc(-c4cccnc4)nc3c2)c(F)c1)c1ccc(Cl)c(C(F)(F)F)c1.O=C(Nc1ccc(Oc2ccc3ncc(-n4ccnc4)nc3c2)c(F)c1)c1ccc(Cl)c(C(F)(F)F)c1. The van der Waals surface area contributed by atoms with Crippen LogP contribution in [0.1, 0.15) is 47.9 Å². The van der Waals surface area contributed by atoms with Crippen LogP contribution < -0.4 is 30.2 Å². The Morgan fingerprint density at radius 2 is 0.928 bits per heavy atom. The third-order valence-corrected chi connectivity index (χ3v) is 16.6. The molecule has 0 spiro atoms. The van der Waals surface area contributed by atoms with Gasteiger partial charge in [-0.05, 0) is 159 Å². The minimum absolute atomic E-state index is 0.0210. The number of ether oxygens (including phenoxy) is 3. The first-order chi connectivity index (χ1) is 53.2. The van der Waals surface area contributed by atoms with Crippen LogP contribution in [-0.4, -0.2) is 67.1 Å². The molecule has 0 aliphatic heterocycles. The van der Waals surface area contributed by atoms with Crippen molar-refractivity contribution in [3.63, 3.8) is 0 Å². The fraction of sp³-hybridized carbons (Fsp3) is 0.0380. The Kier molecular flexibility index (Phi) is 21.9. The summed E-state index contributed by atoms with van der Waals surface area (Å²) in [5.74, 6) is -6.66. The topological polar surface area (TPSA) is 236 Å². The van der Waals surface area contributed by atoms with Gasteiger partial charge in [0, 0.05) is 106 Å². The van der Waals surface area contributed by atoms with E-state index < -0.39 is 86.0 Å². The highest BCUT2D eigenvalue weighted by atomic mass is 35.5. The molecule has 15 rings (SSSR count). The van der Waals surface area contributed by atoms with E-state index in [0.29, 0.717) is 73.9 Å². The van der Waals surface area contributed by atoms with Crippen LogP contribution in [0.25, 0.3) is 61.4 Å². The van der Waals surface area contributed by atoms with E-state index in [-0.39, 0.29) is 51.1 Å². The van der Waals surface area contributed by atoms with Crippen molar-refractivity contribution in [2.24, 2.45) is 0 Å².